The summed E-state index contributed by atoms with van der Waals surface area (Å²) in [6.07, 6.45) is 0. The van der Waals surface area contributed by atoms with E-state index < -0.39 is 5.97 Å². The van der Waals surface area contributed by atoms with Crippen molar-refractivity contribution in [1.82, 2.24) is 10.2 Å². The van der Waals surface area contributed by atoms with Gasteiger partial charge in [0.1, 0.15) is 22.9 Å². The third-order valence-electron chi connectivity index (χ3n) is 2.92. The number of aromatic amines is 1. The molecular formula is C15H18N2O4S. The average Bonchev–Trinajstić information content (AvgIpc) is 2.95. The lowest BCUT2D eigenvalue weighted by Crippen LogP contribution is -1.96. The molecule has 6 nitrogen and oxygen atoms in total. The van der Waals surface area contributed by atoms with Gasteiger partial charge in [-0.25, -0.2) is 4.79 Å². The average molecular weight is 322 g/mol. The third-order valence-corrected chi connectivity index (χ3v) is 3.89. The zero-order chi connectivity index (χ0) is 16.3. The molecule has 1 aromatic heterocycles. The summed E-state index contributed by atoms with van der Waals surface area (Å²) in [5, 5.41) is 16.0. The number of ether oxygens (including phenoxy) is 2. The lowest BCUT2D eigenvalue weighted by molar-refractivity contribution is 0.0690. The molecule has 0 saturated carbocycles. The van der Waals surface area contributed by atoms with Gasteiger partial charge < -0.3 is 14.6 Å². The number of thioether (sulfide) groups is 1. The van der Waals surface area contributed by atoms with Crippen molar-refractivity contribution in [2.75, 3.05) is 14.2 Å². The summed E-state index contributed by atoms with van der Waals surface area (Å²) in [4.78, 5) is 12.0. The molecule has 2 aromatic rings. The predicted molar refractivity (Wildman–Crippen MR) is 85.1 cm³/mol. The van der Waals surface area contributed by atoms with Gasteiger partial charge >= 0.3 is 5.97 Å². The van der Waals surface area contributed by atoms with Crippen LogP contribution in [0.5, 0.6) is 11.5 Å². The van der Waals surface area contributed by atoms with E-state index in [-0.39, 0.29) is 5.69 Å². The van der Waals surface area contributed by atoms with Crippen LogP contribution < -0.4 is 9.47 Å². The van der Waals surface area contributed by atoms with Gasteiger partial charge in [-0.05, 0) is 18.2 Å². The highest BCUT2D eigenvalue weighted by Gasteiger charge is 2.19. The molecular weight excluding hydrogens is 304 g/mol. The number of carbonyl (C=O) groups is 1. The minimum Gasteiger partial charge on any atom is -0.496 e. The monoisotopic (exact) mass is 322 g/mol. The van der Waals surface area contributed by atoms with Crippen LogP contribution >= 0.6 is 11.8 Å². The van der Waals surface area contributed by atoms with Crippen molar-refractivity contribution in [1.29, 1.82) is 0 Å². The van der Waals surface area contributed by atoms with Crippen molar-refractivity contribution in [3.8, 4) is 22.8 Å². The van der Waals surface area contributed by atoms with Crippen LogP contribution in [0.1, 0.15) is 24.3 Å². The number of carboxylic acids is 1. The second kappa shape index (κ2) is 6.74. The molecule has 0 bridgehead atoms. The number of hydrogen-bond acceptors (Lipinski definition) is 5. The van der Waals surface area contributed by atoms with Gasteiger partial charge in [0, 0.05) is 10.1 Å². The van der Waals surface area contributed by atoms with E-state index in [0.717, 1.165) is 4.90 Å². The summed E-state index contributed by atoms with van der Waals surface area (Å²) in [5.41, 5.74) is 1.11. The van der Waals surface area contributed by atoms with E-state index in [1.54, 1.807) is 26.0 Å². The largest absolute Gasteiger partial charge is 0.496 e. The molecule has 0 unspecified atom stereocenters. The lowest BCUT2D eigenvalue weighted by atomic mass is 10.1. The third kappa shape index (κ3) is 3.36. The molecule has 2 rings (SSSR count). The lowest BCUT2D eigenvalue weighted by Gasteiger charge is -2.14. The Kier molecular flexibility index (Phi) is 4.97. The van der Waals surface area contributed by atoms with Crippen LogP contribution in [0.25, 0.3) is 11.3 Å². The summed E-state index contributed by atoms with van der Waals surface area (Å²) in [6, 6.07) is 5.26. The van der Waals surface area contributed by atoms with Gasteiger partial charge in [-0.2, -0.15) is 5.10 Å². The topological polar surface area (TPSA) is 84.4 Å². The molecule has 0 aliphatic carbocycles. The Morgan fingerprint density at radius 2 is 1.82 bits per heavy atom. The van der Waals surface area contributed by atoms with E-state index in [0.29, 0.717) is 28.0 Å². The molecule has 7 heteroatoms. The number of hydrogen-bond donors (Lipinski definition) is 2. The van der Waals surface area contributed by atoms with Crippen molar-refractivity contribution < 1.29 is 19.4 Å². The highest BCUT2D eigenvalue weighted by molar-refractivity contribution is 7.99. The molecule has 0 aliphatic heterocycles. The zero-order valence-electron chi connectivity index (χ0n) is 12.8. The van der Waals surface area contributed by atoms with E-state index in [4.69, 9.17) is 14.6 Å². The number of aromatic nitrogens is 2. The summed E-state index contributed by atoms with van der Waals surface area (Å²) in [7, 11) is 3.12. The van der Waals surface area contributed by atoms with Gasteiger partial charge in [-0.3, -0.25) is 5.10 Å². The normalized spacial score (nSPS) is 10.8. The van der Waals surface area contributed by atoms with E-state index >= 15 is 0 Å². The maximum atomic E-state index is 11.0. The summed E-state index contributed by atoms with van der Waals surface area (Å²) in [5.74, 6) is 0.112. The van der Waals surface area contributed by atoms with Gasteiger partial charge in [0.2, 0.25) is 0 Å². The number of nitrogens with zero attached hydrogens (tertiary/aromatic N) is 1. The molecule has 0 radical (unpaired) electrons. The summed E-state index contributed by atoms with van der Waals surface area (Å²) >= 11 is 1.69. The number of methoxy groups -OCH3 is 2. The quantitative estimate of drug-likeness (QED) is 0.794. The predicted octanol–water partition coefficient (Wildman–Crippen LogP) is 3.29. The smallest absolute Gasteiger partial charge is 0.353 e. The second-order valence-corrected chi connectivity index (χ2v) is 6.49. The van der Waals surface area contributed by atoms with Gasteiger partial charge in [-0.1, -0.05) is 13.8 Å². The van der Waals surface area contributed by atoms with E-state index in [2.05, 4.69) is 24.0 Å². The van der Waals surface area contributed by atoms with Gasteiger partial charge in [0.05, 0.1) is 19.8 Å². The molecule has 1 aromatic carbocycles. The Hall–Kier alpha value is -2.15. The Bertz CT molecular complexity index is 657. The van der Waals surface area contributed by atoms with Crippen molar-refractivity contribution in [3.05, 3.63) is 23.9 Å². The van der Waals surface area contributed by atoms with Crippen molar-refractivity contribution in [2.24, 2.45) is 0 Å². The molecule has 0 spiro atoms. The minimum atomic E-state index is -1.07. The van der Waals surface area contributed by atoms with Crippen LogP contribution in [-0.4, -0.2) is 40.7 Å². The first-order valence-electron chi connectivity index (χ1n) is 6.68. The molecule has 118 valence electrons. The maximum Gasteiger partial charge on any atom is 0.353 e. The maximum absolute atomic E-state index is 11.0. The summed E-state index contributed by atoms with van der Waals surface area (Å²) in [6.45, 7) is 4.20. The number of carboxylic acid groups (broad SMARTS) is 1. The van der Waals surface area contributed by atoms with Crippen LogP contribution in [0.4, 0.5) is 0 Å². The first-order valence-corrected chi connectivity index (χ1v) is 7.56. The fourth-order valence-corrected chi connectivity index (χ4v) is 2.93. The summed E-state index contributed by atoms with van der Waals surface area (Å²) < 4.78 is 10.9. The molecule has 0 atom stereocenters. The zero-order valence-corrected chi connectivity index (χ0v) is 13.7. The van der Waals surface area contributed by atoms with Crippen LogP contribution in [0.2, 0.25) is 0 Å². The standard InChI is InChI=1S/C15H18N2O4S/c1-8(2)22-9-5-12(20-3)14(13(6-9)21-4)10-7-11(15(18)19)17-16-10/h5-8H,1-4H3,(H,16,17)(H,18,19). The van der Waals surface area contributed by atoms with Crippen molar-refractivity contribution in [3.63, 3.8) is 0 Å². The molecule has 22 heavy (non-hydrogen) atoms. The van der Waals surface area contributed by atoms with Crippen LogP contribution in [0, 0.1) is 0 Å². The van der Waals surface area contributed by atoms with Crippen molar-refractivity contribution in [2.45, 2.75) is 24.0 Å². The Morgan fingerprint density at radius 1 is 1.23 bits per heavy atom. The molecule has 0 aliphatic rings. The first-order chi connectivity index (χ1) is 10.5. The van der Waals surface area contributed by atoms with Gasteiger partial charge in [0.25, 0.3) is 0 Å². The highest BCUT2D eigenvalue weighted by atomic mass is 32.2. The fraction of sp³-hybridized carbons (Fsp3) is 0.333. The van der Waals surface area contributed by atoms with E-state index in [9.17, 15) is 4.79 Å². The highest BCUT2D eigenvalue weighted by Crippen LogP contribution is 2.41. The molecule has 0 fully saturated rings. The fourth-order valence-electron chi connectivity index (χ4n) is 2.04. The molecule has 0 saturated heterocycles. The van der Waals surface area contributed by atoms with Crippen LogP contribution in [0.3, 0.4) is 0 Å². The SMILES string of the molecule is COc1cc(SC(C)C)cc(OC)c1-c1cc(C(=O)O)[nH]n1. The van der Waals surface area contributed by atoms with Gasteiger partial charge in [-0.15, -0.1) is 11.8 Å². The molecule has 2 N–H and O–H groups in total. The number of nitrogens with one attached hydrogen (secondary N) is 1. The van der Waals surface area contributed by atoms with E-state index in [1.165, 1.54) is 6.07 Å². The number of H-pyrrole nitrogens is 1. The second-order valence-electron chi connectivity index (χ2n) is 4.84. The van der Waals surface area contributed by atoms with Gasteiger partial charge in [0.15, 0.2) is 0 Å². The molecule has 0 amide bonds. The minimum absolute atomic E-state index is 0.0136. The Balaban J connectivity index is 2.55. The van der Waals surface area contributed by atoms with E-state index in [1.807, 2.05) is 12.1 Å². The number of aromatic carboxylic acids is 1. The Labute approximate surface area is 132 Å². The molecule has 1 heterocycles. The van der Waals surface area contributed by atoms with Crippen LogP contribution in [0.15, 0.2) is 23.1 Å². The Morgan fingerprint density at radius 3 is 2.23 bits per heavy atom. The first kappa shape index (κ1) is 16.2. The number of benzene rings is 1. The van der Waals surface area contributed by atoms with Crippen molar-refractivity contribution >= 4 is 17.7 Å². The van der Waals surface area contributed by atoms with Crippen LogP contribution in [-0.2, 0) is 0 Å². The number of rotatable bonds is 6.